The highest BCUT2D eigenvalue weighted by atomic mass is 16.5. The lowest BCUT2D eigenvalue weighted by Crippen LogP contribution is -2.26. The van der Waals surface area contributed by atoms with Gasteiger partial charge in [-0.15, -0.1) is 0 Å². The van der Waals surface area contributed by atoms with Crippen LogP contribution in [0, 0.1) is 0 Å². The van der Waals surface area contributed by atoms with Gasteiger partial charge in [-0.3, -0.25) is 9.48 Å². The summed E-state index contributed by atoms with van der Waals surface area (Å²) in [4.78, 5) is 11.8. The number of fused-ring (bicyclic) bond motifs is 1. The van der Waals surface area contributed by atoms with E-state index in [4.69, 9.17) is 9.47 Å². The molecule has 3 aromatic rings. The van der Waals surface area contributed by atoms with Gasteiger partial charge in [0, 0.05) is 5.39 Å². The number of nitrogens with zero attached hydrogens (tertiary/aromatic N) is 2. The van der Waals surface area contributed by atoms with E-state index in [0.29, 0.717) is 16.7 Å². The van der Waals surface area contributed by atoms with Crippen LogP contribution in [0.1, 0.15) is 0 Å². The number of rotatable bonds is 6. The molecule has 1 heterocycles. The van der Waals surface area contributed by atoms with E-state index in [1.54, 1.807) is 54.3 Å². The van der Waals surface area contributed by atoms with E-state index in [2.05, 4.69) is 5.10 Å². The predicted molar refractivity (Wildman–Crippen MR) is 90.5 cm³/mol. The molecule has 0 radical (unpaired) electrons. The summed E-state index contributed by atoms with van der Waals surface area (Å²) in [5.41, 5.74) is 0.555. The summed E-state index contributed by atoms with van der Waals surface area (Å²) in [6, 6.07) is 14.3. The van der Waals surface area contributed by atoms with Gasteiger partial charge in [0.2, 0.25) is 5.43 Å². The van der Waals surface area contributed by atoms with Crippen LogP contribution in [0.25, 0.3) is 10.9 Å². The molecule has 124 valence electrons. The molecule has 3 rings (SSSR count). The van der Waals surface area contributed by atoms with Crippen molar-refractivity contribution in [1.29, 1.82) is 0 Å². The maximum absolute atomic E-state index is 11.8. The fourth-order valence-electron chi connectivity index (χ4n) is 2.42. The van der Waals surface area contributed by atoms with E-state index in [0.717, 1.165) is 5.75 Å². The molecule has 1 aromatic heterocycles. The zero-order valence-electron chi connectivity index (χ0n) is 13.3. The predicted octanol–water partition coefficient (Wildman–Crippen LogP) is 1.84. The molecule has 6 heteroatoms. The van der Waals surface area contributed by atoms with Crippen molar-refractivity contribution in [2.24, 2.45) is 0 Å². The third kappa shape index (κ3) is 3.55. The molecule has 1 N–H and O–H groups in total. The van der Waals surface area contributed by atoms with Gasteiger partial charge in [-0.05, 0) is 36.4 Å². The highest BCUT2D eigenvalue weighted by molar-refractivity contribution is 5.77. The van der Waals surface area contributed by atoms with Gasteiger partial charge in [0.15, 0.2) is 0 Å². The number of aliphatic hydroxyl groups is 1. The molecule has 0 aliphatic rings. The van der Waals surface area contributed by atoms with Crippen molar-refractivity contribution in [3.63, 3.8) is 0 Å². The molecule has 6 nitrogen and oxygen atoms in total. The molecule has 24 heavy (non-hydrogen) atoms. The molecule has 0 saturated heterocycles. The first kappa shape index (κ1) is 16.0. The Balaban J connectivity index is 1.67. The van der Waals surface area contributed by atoms with Crippen LogP contribution in [0.4, 0.5) is 0 Å². The van der Waals surface area contributed by atoms with Crippen LogP contribution in [0.5, 0.6) is 11.5 Å². The van der Waals surface area contributed by atoms with Crippen LogP contribution >= 0.6 is 0 Å². The first-order chi connectivity index (χ1) is 11.7. The van der Waals surface area contributed by atoms with E-state index in [-0.39, 0.29) is 18.6 Å². The Kier molecular flexibility index (Phi) is 4.77. The van der Waals surface area contributed by atoms with Gasteiger partial charge < -0.3 is 14.6 Å². The van der Waals surface area contributed by atoms with Gasteiger partial charge in [-0.25, -0.2) is 0 Å². The quantitative estimate of drug-likeness (QED) is 0.748. The second-order valence-electron chi connectivity index (χ2n) is 5.35. The summed E-state index contributed by atoms with van der Waals surface area (Å²) in [6.45, 7) is 0.353. The van der Waals surface area contributed by atoms with Crippen LogP contribution in [-0.4, -0.2) is 34.7 Å². The Morgan fingerprint density at radius 1 is 1.12 bits per heavy atom. The average molecular weight is 326 g/mol. The number of aliphatic hydroxyl groups excluding tert-OH is 1. The van der Waals surface area contributed by atoms with Gasteiger partial charge in [0.05, 0.1) is 25.4 Å². The Morgan fingerprint density at radius 3 is 2.58 bits per heavy atom. The summed E-state index contributed by atoms with van der Waals surface area (Å²) in [6.07, 6.45) is 0.504. The van der Waals surface area contributed by atoms with Crippen LogP contribution < -0.4 is 14.9 Å². The van der Waals surface area contributed by atoms with Gasteiger partial charge in [-0.1, -0.05) is 12.1 Å². The minimum absolute atomic E-state index is 0.120. The number of aromatic nitrogens is 2. The van der Waals surface area contributed by atoms with Gasteiger partial charge in [0.25, 0.3) is 0 Å². The lowest BCUT2D eigenvalue weighted by molar-refractivity contribution is 0.0901. The lowest BCUT2D eigenvalue weighted by atomic mass is 10.2. The van der Waals surface area contributed by atoms with E-state index in [9.17, 15) is 9.90 Å². The lowest BCUT2D eigenvalue weighted by Gasteiger charge is -2.15. The Morgan fingerprint density at radius 2 is 1.83 bits per heavy atom. The first-order valence-corrected chi connectivity index (χ1v) is 7.57. The topological polar surface area (TPSA) is 73.6 Å². The monoisotopic (exact) mass is 326 g/mol. The standard InChI is InChI=1S/C18H18N2O4/c1-23-14-6-8-15(9-7-14)24-12-13(21)11-20-17-5-3-2-4-16(17)18(22)10-19-20/h2-10,13,21H,11-12H2,1H3/t13-/m0/s1. The number of ether oxygens (including phenoxy) is 2. The van der Waals surface area contributed by atoms with Gasteiger partial charge in [0.1, 0.15) is 24.2 Å². The molecule has 0 aliphatic heterocycles. The van der Waals surface area contributed by atoms with Gasteiger partial charge >= 0.3 is 0 Å². The number of benzene rings is 2. The normalized spacial score (nSPS) is 12.1. The number of hydrogen-bond donors (Lipinski definition) is 1. The summed E-state index contributed by atoms with van der Waals surface area (Å²) in [5, 5.41) is 14.9. The van der Waals surface area contributed by atoms with Crippen molar-refractivity contribution in [3.8, 4) is 11.5 Å². The van der Waals surface area contributed by atoms with E-state index in [1.165, 1.54) is 6.20 Å². The minimum atomic E-state index is -0.759. The molecular weight excluding hydrogens is 308 g/mol. The number of para-hydroxylation sites is 1. The summed E-state index contributed by atoms with van der Waals surface area (Å²) in [5.74, 6) is 1.39. The number of hydrogen-bond acceptors (Lipinski definition) is 5. The average Bonchev–Trinajstić information content (AvgIpc) is 2.63. The van der Waals surface area contributed by atoms with Crippen LogP contribution in [0.3, 0.4) is 0 Å². The molecule has 0 amide bonds. The van der Waals surface area contributed by atoms with Crippen molar-refractivity contribution < 1.29 is 14.6 Å². The van der Waals surface area contributed by atoms with Crippen molar-refractivity contribution in [1.82, 2.24) is 9.78 Å². The van der Waals surface area contributed by atoms with Crippen molar-refractivity contribution in [2.45, 2.75) is 12.6 Å². The van der Waals surface area contributed by atoms with Crippen molar-refractivity contribution in [3.05, 3.63) is 65.0 Å². The largest absolute Gasteiger partial charge is 0.497 e. The molecule has 0 saturated carbocycles. The maximum atomic E-state index is 11.8. The molecule has 0 unspecified atom stereocenters. The summed E-state index contributed by atoms with van der Waals surface area (Å²) >= 11 is 0. The Hall–Kier alpha value is -2.86. The molecule has 0 spiro atoms. The Bertz CT molecular complexity index is 874. The van der Waals surface area contributed by atoms with Crippen molar-refractivity contribution in [2.75, 3.05) is 13.7 Å². The zero-order chi connectivity index (χ0) is 16.9. The van der Waals surface area contributed by atoms with Crippen LogP contribution in [-0.2, 0) is 6.54 Å². The van der Waals surface area contributed by atoms with E-state index < -0.39 is 6.10 Å². The molecule has 2 aromatic carbocycles. The van der Waals surface area contributed by atoms with E-state index >= 15 is 0 Å². The SMILES string of the molecule is COc1ccc(OC[C@@H](O)Cn2ncc(=O)c3ccccc32)cc1. The Labute approximate surface area is 138 Å². The van der Waals surface area contributed by atoms with Gasteiger partial charge in [-0.2, -0.15) is 5.10 Å². The second-order valence-corrected chi connectivity index (χ2v) is 5.35. The highest BCUT2D eigenvalue weighted by Crippen LogP contribution is 2.17. The highest BCUT2D eigenvalue weighted by Gasteiger charge is 2.10. The summed E-state index contributed by atoms with van der Waals surface area (Å²) in [7, 11) is 1.60. The van der Waals surface area contributed by atoms with Crippen LogP contribution in [0.15, 0.2) is 59.5 Å². The fourth-order valence-corrected chi connectivity index (χ4v) is 2.42. The molecule has 1 atom stereocenters. The minimum Gasteiger partial charge on any atom is -0.497 e. The smallest absolute Gasteiger partial charge is 0.207 e. The second kappa shape index (κ2) is 7.14. The zero-order valence-corrected chi connectivity index (χ0v) is 13.3. The van der Waals surface area contributed by atoms with Crippen LogP contribution in [0.2, 0.25) is 0 Å². The number of methoxy groups -OCH3 is 1. The maximum Gasteiger partial charge on any atom is 0.207 e. The van der Waals surface area contributed by atoms with Crippen molar-refractivity contribution >= 4 is 10.9 Å². The summed E-state index contributed by atoms with van der Waals surface area (Å²) < 4.78 is 12.3. The third-order valence-corrected chi connectivity index (χ3v) is 3.65. The molecule has 0 aliphatic carbocycles. The molecule has 0 fully saturated rings. The first-order valence-electron chi connectivity index (χ1n) is 7.57. The third-order valence-electron chi connectivity index (χ3n) is 3.65. The molecular formula is C18H18N2O4. The molecule has 0 bridgehead atoms. The van der Waals surface area contributed by atoms with E-state index in [1.807, 2.05) is 6.07 Å². The fraction of sp³-hybridized carbons (Fsp3) is 0.222.